The van der Waals surface area contributed by atoms with Crippen LogP contribution in [0, 0.1) is 0 Å². The van der Waals surface area contributed by atoms with Crippen molar-refractivity contribution in [1.29, 1.82) is 0 Å². The number of carbonyl (C=O) groups is 1. The van der Waals surface area contributed by atoms with Crippen molar-refractivity contribution in [2.45, 2.75) is 18.8 Å². The Morgan fingerprint density at radius 3 is 3.00 bits per heavy atom. The van der Waals surface area contributed by atoms with Crippen LogP contribution >= 0.6 is 11.5 Å². The highest BCUT2D eigenvalue weighted by molar-refractivity contribution is 7.10. The highest BCUT2D eigenvalue weighted by Crippen LogP contribution is 2.28. The van der Waals surface area contributed by atoms with Crippen molar-refractivity contribution in [3.05, 3.63) is 18.0 Å². The van der Waals surface area contributed by atoms with Crippen LogP contribution in [0.2, 0.25) is 0 Å². The van der Waals surface area contributed by atoms with Crippen LogP contribution in [-0.2, 0) is 0 Å². The zero-order valence-corrected chi connectivity index (χ0v) is 14.8. The van der Waals surface area contributed by atoms with Gasteiger partial charge in [0, 0.05) is 68.5 Å². The Balaban J connectivity index is 1.39. The summed E-state index contributed by atoms with van der Waals surface area (Å²) in [5.74, 6) is 1.30. The molecule has 0 bridgehead atoms. The quantitative estimate of drug-likeness (QED) is 0.755. The third-order valence-electron chi connectivity index (χ3n) is 4.77. The van der Waals surface area contributed by atoms with Gasteiger partial charge < -0.3 is 15.1 Å². The zero-order chi connectivity index (χ0) is 17.1. The Labute approximate surface area is 149 Å². The topological polar surface area (TPSA) is 102 Å². The summed E-state index contributed by atoms with van der Waals surface area (Å²) >= 11 is 1.19. The van der Waals surface area contributed by atoms with E-state index in [2.05, 4.69) is 41.4 Å². The number of likely N-dealkylation sites (tertiary alicyclic amines) is 1. The predicted molar refractivity (Wildman–Crippen MR) is 96.1 cm³/mol. The maximum absolute atomic E-state index is 12.4. The number of amides is 2. The molecule has 25 heavy (non-hydrogen) atoms. The molecule has 2 fully saturated rings. The van der Waals surface area contributed by atoms with E-state index in [0.717, 1.165) is 57.1 Å². The van der Waals surface area contributed by atoms with E-state index in [1.807, 2.05) is 4.90 Å². The van der Waals surface area contributed by atoms with Gasteiger partial charge in [-0.15, -0.1) is 5.10 Å². The number of carbonyl (C=O) groups excluding carboxylic acids is 1. The molecule has 0 spiro atoms. The third-order valence-corrected chi connectivity index (χ3v) is 5.35. The number of aromatic nitrogens is 4. The van der Waals surface area contributed by atoms with Gasteiger partial charge in [-0.05, 0) is 12.8 Å². The second kappa shape index (κ2) is 7.36. The normalized spacial score (nSPS) is 21.4. The molecule has 2 aliphatic heterocycles. The molecule has 1 unspecified atom stereocenters. The molecule has 3 N–H and O–H groups in total. The number of aromatic amines is 1. The summed E-state index contributed by atoms with van der Waals surface area (Å²) in [6.45, 7) is 5.41. The second-order valence-electron chi connectivity index (χ2n) is 6.42. The number of anilines is 2. The molecule has 10 heteroatoms. The van der Waals surface area contributed by atoms with Crippen molar-refractivity contribution in [2.75, 3.05) is 49.5 Å². The van der Waals surface area contributed by atoms with Gasteiger partial charge in [-0.25, -0.2) is 4.79 Å². The maximum Gasteiger partial charge on any atom is 0.322 e. The van der Waals surface area contributed by atoms with E-state index in [0.29, 0.717) is 17.5 Å². The largest absolute Gasteiger partial charge is 0.353 e. The van der Waals surface area contributed by atoms with Crippen molar-refractivity contribution in [3.8, 4) is 0 Å². The third kappa shape index (κ3) is 3.74. The molecule has 0 radical (unpaired) electrons. The predicted octanol–water partition coefficient (Wildman–Crippen LogP) is 1.08. The van der Waals surface area contributed by atoms with Crippen LogP contribution in [0.1, 0.15) is 24.5 Å². The number of rotatable bonds is 3. The van der Waals surface area contributed by atoms with Gasteiger partial charge in [0.15, 0.2) is 5.82 Å². The van der Waals surface area contributed by atoms with E-state index in [1.54, 1.807) is 6.20 Å². The Morgan fingerprint density at radius 2 is 2.20 bits per heavy atom. The van der Waals surface area contributed by atoms with Crippen molar-refractivity contribution >= 4 is 28.4 Å². The number of nitrogens with zero attached hydrogens (tertiary/aromatic N) is 5. The van der Waals surface area contributed by atoms with E-state index in [-0.39, 0.29) is 6.03 Å². The van der Waals surface area contributed by atoms with Gasteiger partial charge in [-0.2, -0.15) is 5.10 Å². The molecule has 0 saturated carbocycles. The van der Waals surface area contributed by atoms with Crippen LogP contribution in [0.3, 0.4) is 0 Å². The monoisotopic (exact) mass is 362 g/mol. The zero-order valence-electron chi connectivity index (χ0n) is 13.9. The lowest BCUT2D eigenvalue weighted by molar-refractivity contribution is 0.192. The first-order chi connectivity index (χ1) is 12.3. The van der Waals surface area contributed by atoms with Gasteiger partial charge in [0.25, 0.3) is 0 Å². The summed E-state index contributed by atoms with van der Waals surface area (Å²) in [5, 5.41) is 18.3. The summed E-state index contributed by atoms with van der Waals surface area (Å²) < 4.78 is 3.77. The van der Waals surface area contributed by atoms with Crippen LogP contribution in [0.15, 0.2) is 12.3 Å². The molecule has 0 aromatic carbocycles. The Hall–Kier alpha value is -2.20. The molecule has 2 aliphatic rings. The van der Waals surface area contributed by atoms with Gasteiger partial charge in [0.05, 0.1) is 6.20 Å². The molecule has 134 valence electrons. The minimum absolute atomic E-state index is 0.0856. The first-order valence-electron chi connectivity index (χ1n) is 8.64. The molecule has 4 heterocycles. The number of nitrogens with one attached hydrogen (secondary N) is 3. The molecule has 0 aliphatic carbocycles. The lowest BCUT2D eigenvalue weighted by Crippen LogP contribution is -2.43. The molecule has 2 saturated heterocycles. The van der Waals surface area contributed by atoms with Crippen LogP contribution in [0.5, 0.6) is 0 Å². The average Bonchev–Trinajstić information content (AvgIpc) is 3.34. The minimum atomic E-state index is -0.0856. The minimum Gasteiger partial charge on any atom is -0.353 e. The average molecular weight is 362 g/mol. The van der Waals surface area contributed by atoms with Crippen molar-refractivity contribution in [3.63, 3.8) is 0 Å². The number of hydrogen-bond donors (Lipinski definition) is 3. The molecule has 1 atom stereocenters. The van der Waals surface area contributed by atoms with Gasteiger partial charge >= 0.3 is 6.03 Å². The van der Waals surface area contributed by atoms with Crippen LogP contribution in [0.4, 0.5) is 15.6 Å². The van der Waals surface area contributed by atoms with Crippen LogP contribution < -0.4 is 15.5 Å². The summed E-state index contributed by atoms with van der Waals surface area (Å²) in [6.07, 6.45) is 3.62. The highest BCUT2D eigenvalue weighted by atomic mass is 32.1. The molecular formula is C15H22N8OS. The summed E-state index contributed by atoms with van der Waals surface area (Å²) in [4.78, 5) is 16.6. The number of urea groups is 1. The lowest BCUT2D eigenvalue weighted by Gasteiger charge is -2.32. The van der Waals surface area contributed by atoms with Gasteiger partial charge in [0.1, 0.15) is 5.00 Å². The van der Waals surface area contributed by atoms with E-state index < -0.39 is 0 Å². The molecule has 2 aromatic rings. The van der Waals surface area contributed by atoms with Crippen molar-refractivity contribution < 1.29 is 4.79 Å². The maximum atomic E-state index is 12.4. The number of piperidine rings is 1. The van der Waals surface area contributed by atoms with Crippen LogP contribution in [0.25, 0.3) is 0 Å². The fraction of sp³-hybridized carbons (Fsp3) is 0.600. The second-order valence-corrected chi connectivity index (χ2v) is 7.20. The molecule has 2 amide bonds. The first kappa shape index (κ1) is 16.3. The van der Waals surface area contributed by atoms with Gasteiger partial charge in [-0.3, -0.25) is 10.4 Å². The summed E-state index contributed by atoms with van der Waals surface area (Å²) in [5.41, 5.74) is 1.12. The number of hydrogen-bond acceptors (Lipinski definition) is 7. The summed E-state index contributed by atoms with van der Waals surface area (Å²) in [7, 11) is 0. The fourth-order valence-electron chi connectivity index (χ4n) is 3.41. The van der Waals surface area contributed by atoms with E-state index in [1.165, 1.54) is 11.5 Å². The van der Waals surface area contributed by atoms with Crippen LogP contribution in [-0.4, -0.2) is 70.0 Å². The highest BCUT2D eigenvalue weighted by Gasteiger charge is 2.27. The standard InChI is InChI=1S/C15H22N8OS/c24-15(18-14-9-17-21-25-14)23-5-1-2-11(10-23)12-8-13(20-19-12)22-6-3-16-4-7-22/h8-9,11,16H,1-7,10H2,(H,18,24)(H,19,20). The SMILES string of the molecule is O=C(Nc1cnns1)N1CCCC(c2cc(N3CCNCC3)n[nH]2)C1. The Bertz CT molecular complexity index is 696. The smallest absolute Gasteiger partial charge is 0.322 e. The number of piperazine rings is 1. The molecule has 2 aromatic heterocycles. The summed E-state index contributed by atoms with van der Waals surface area (Å²) in [6, 6.07) is 2.06. The molecular weight excluding hydrogens is 340 g/mol. The first-order valence-corrected chi connectivity index (χ1v) is 9.41. The van der Waals surface area contributed by atoms with Crippen molar-refractivity contribution in [1.82, 2.24) is 30.0 Å². The van der Waals surface area contributed by atoms with Gasteiger partial charge in [0.2, 0.25) is 0 Å². The molecule has 9 nitrogen and oxygen atoms in total. The fourth-order valence-corrected chi connectivity index (χ4v) is 3.82. The number of H-pyrrole nitrogens is 1. The Kier molecular flexibility index (Phi) is 4.79. The molecule has 4 rings (SSSR count). The lowest BCUT2D eigenvalue weighted by atomic mass is 9.95. The van der Waals surface area contributed by atoms with E-state index in [9.17, 15) is 4.79 Å². The van der Waals surface area contributed by atoms with E-state index in [4.69, 9.17) is 0 Å². The van der Waals surface area contributed by atoms with E-state index >= 15 is 0 Å². The van der Waals surface area contributed by atoms with Gasteiger partial charge in [-0.1, -0.05) is 4.49 Å². The van der Waals surface area contributed by atoms with Crippen molar-refractivity contribution in [2.24, 2.45) is 0 Å². The Morgan fingerprint density at radius 1 is 1.32 bits per heavy atom.